The van der Waals surface area contributed by atoms with Gasteiger partial charge in [0.2, 0.25) is 5.75 Å². The van der Waals surface area contributed by atoms with E-state index >= 15 is 0 Å². The summed E-state index contributed by atoms with van der Waals surface area (Å²) in [7, 11) is 4.55. The molecule has 0 saturated carbocycles. The van der Waals surface area contributed by atoms with Gasteiger partial charge in [-0.3, -0.25) is 9.36 Å². The largest absolute Gasteiger partial charge is 0.493 e. The van der Waals surface area contributed by atoms with Crippen LogP contribution in [0.15, 0.2) is 57.5 Å². The van der Waals surface area contributed by atoms with E-state index in [2.05, 4.69) is 9.98 Å². The van der Waals surface area contributed by atoms with Crippen molar-refractivity contribution in [3.63, 3.8) is 0 Å². The first-order valence-electron chi connectivity index (χ1n) is 12.4. The Kier molecular flexibility index (Phi) is 7.05. The van der Waals surface area contributed by atoms with Gasteiger partial charge in [0.15, 0.2) is 16.3 Å². The van der Waals surface area contributed by atoms with Gasteiger partial charge in [-0.2, -0.15) is 0 Å². The second-order valence-electron chi connectivity index (χ2n) is 8.97. The number of hydrogen-bond donors (Lipinski definition) is 1. The summed E-state index contributed by atoms with van der Waals surface area (Å²) < 4.78 is 24.1. The zero-order valence-electron chi connectivity index (χ0n) is 22.6. The number of aryl methyl sites for hydroxylation is 1. The van der Waals surface area contributed by atoms with Gasteiger partial charge in [0.25, 0.3) is 5.56 Å². The predicted molar refractivity (Wildman–Crippen MR) is 150 cm³/mol. The van der Waals surface area contributed by atoms with Crippen molar-refractivity contribution in [1.29, 1.82) is 0 Å². The number of fused-ring (bicyclic) bond motifs is 2. The number of nitrogens with one attached hydrogen (secondary N) is 1. The number of allylic oxidation sites excluding steroid dienone is 1. The molecule has 0 bridgehead atoms. The van der Waals surface area contributed by atoms with Crippen molar-refractivity contribution in [3.8, 4) is 17.2 Å². The molecule has 0 spiro atoms. The van der Waals surface area contributed by atoms with E-state index in [1.54, 1.807) is 30.5 Å². The number of carbonyl (C=O) groups excluding carboxylic acids is 1. The minimum absolute atomic E-state index is 0.182. The fourth-order valence-electron chi connectivity index (χ4n) is 4.98. The van der Waals surface area contributed by atoms with Gasteiger partial charge in [-0.25, -0.2) is 9.79 Å². The average molecular weight is 548 g/mol. The highest BCUT2D eigenvalue weighted by Gasteiger charge is 2.34. The molecule has 1 aliphatic heterocycles. The van der Waals surface area contributed by atoms with Crippen LogP contribution < -0.4 is 29.1 Å². The van der Waals surface area contributed by atoms with E-state index < -0.39 is 12.0 Å². The van der Waals surface area contributed by atoms with Gasteiger partial charge < -0.3 is 23.9 Å². The Hall–Kier alpha value is -4.31. The number of ether oxygens (including phenoxy) is 4. The number of thiazole rings is 1. The minimum atomic E-state index is -0.819. The van der Waals surface area contributed by atoms with E-state index in [1.807, 2.05) is 37.3 Å². The van der Waals surface area contributed by atoms with E-state index in [0.717, 1.165) is 22.2 Å². The Morgan fingerprint density at radius 2 is 1.79 bits per heavy atom. The molecule has 202 valence electrons. The summed E-state index contributed by atoms with van der Waals surface area (Å²) in [5, 5.41) is 1.02. The first-order chi connectivity index (χ1) is 18.8. The van der Waals surface area contributed by atoms with Crippen molar-refractivity contribution in [1.82, 2.24) is 9.55 Å². The Morgan fingerprint density at radius 3 is 2.44 bits per heavy atom. The molecule has 0 radical (unpaired) electrons. The van der Waals surface area contributed by atoms with Crippen molar-refractivity contribution in [3.05, 3.63) is 84.2 Å². The molecule has 1 aliphatic rings. The number of para-hydroxylation sites is 1. The van der Waals surface area contributed by atoms with Crippen LogP contribution in [0.1, 0.15) is 36.7 Å². The maximum Gasteiger partial charge on any atom is 0.338 e. The molecular weight excluding hydrogens is 518 g/mol. The second kappa shape index (κ2) is 10.5. The topological polar surface area (TPSA) is 104 Å². The van der Waals surface area contributed by atoms with E-state index in [9.17, 15) is 9.59 Å². The summed E-state index contributed by atoms with van der Waals surface area (Å²) >= 11 is 1.28. The quantitative estimate of drug-likeness (QED) is 0.355. The van der Waals surface area contributed by atoms with E-state index in [4.69, 9.17) is 18.9 Å². The van der Waals surface area contributed by atoms with E-state index in [-0.39, 0.29) is 17.7 Å². The second-order valence-corrected chi connectivity index (χ2v) is 9.98. The lowest BCUT2D eigenvalue weighted by atomic mass is 9.95. The fraction of sp³-hybridized carbons (Fsp3) is 0.276. The third-order valence-electron chi connectivity index (χ3n) is 6.74. The summed E-state index contributed by atoms with van der Waals surface area (Å²) in [5.41, 5.74) is 3.95. The highest BCUT2D eigenvalue weighted by atomic mass is 32.1. The Balaban J connectivity index is 1.80. The zero-order chi connectivity index (χ0) is 27.8. The van der Waals surface area contributed by atoms with Gasteiger partial charge in [-0.05, 0) is 50.6 Å². The zero-order valence-corrected chi connectivity index (χ0v) is 23.4. The van der Waals surface area contributed by atoms with Crippen molar-refractivity contribution >= 4 is 34.3 Å². The van der Waals surface area contributed by atoms with Crippen LogP contribution in [0.2, 0.25) is 0 Å². The molecule has 2 aromatic heterocycles. The number of carbonyl (C=O) groups is 1. The van der Waals surface area contributed by atoms with Crippen molar-refractivity contribution in [2.75, 3.05) is 27.9 Å². The molecule has 1 N–H and O–H groups in total. The number of rotatable bonds is 7. The van der Waals surface area contributed by atoms with E-state index in [1.165, 1.54) is 32.7 Å². The minimum Gasteiger partial charge on any atom is -0.493 e. The molecule has 39 heavy (non-hydrogen) atoms. The number of benzene rings is 2. The number of H-pyrrole nitrogens is 1. The molecule has 0 amide bonds. The third kappa shape index (κ3) is 4.40. The summed E-state index contributed by atoms with van der Waals surface area (Å²) in [6.45, 7) is 5.64. The van der Waals surface area contributed by atoms with Crippen LogP contribution in [-0.2, 0) is 9.53 Å². The number of nitrogens with zero attached hydrogens (tertiary/aromatic N) is 2. The first kappa shape index (κ1) is 26.3. The molecule has 0 saturated heterocycles. The van der Waals surface area contributed by atoms with Crippen molar-refractivity contribution in [2.24, 2.45) is 4.99 Å². The lowest BCUT2D eigenvalue weighted by Gasteiger charge is -2.26. The van der Waals surface area contributed by atoms with Crippen LogP contribution in [0.25, 0.3) is 17.0 Å². The van der Waals surface area contributed by atoms with Crippen LogP contribution in [0, 0.1) is 6.92 Å². The van der Waals surface area contributed by atoms with Gasteiger partial charge in [0, 0.05) is 22.2 Å². The van der Waals surface area contributed by atoms with Crippen LogP contribution >= 0.6 is 11.3 Å². The Bertz CT molecular complexity index is 1790. The standard InChI is InChI=1S/C29H29N3O6S/c1-7-38-28(34)24-16(3)31-29-32(25(24)17-12-21(35-4)26(37-6)22(13-17)36-5)27(33)23(39-29)14-19-15(2)30-20-11-9-8-10-18(19)20/h8-14,25,30H,7H2,1-6H3/b23-14-/t25-/m0/s1. The van der Waals surface area contributed by atoms with Crippen LogP contribution in [-0.4, -0.2) is 43.5 Å². The van der Waals surface area contributed by atoms with Crippen molar-refractivity contribution < 1.29 is 23.7 Å². The lowest BCUT2D eigenvalue weighted by molar-refractivity contribution is -0.139. The number of aromatic amines is 1. The number of esters is 1. The van der Waals surface area contributed by atoms with Crippen molar-refractivity contribution in [2.45, 2.75) is 26.8 Å². The smallest absolute Gasteiger partial charge is 0.338 e. The van der Waals surface area contributed by atoms with Gasteiger partial charge >= 0.3 is 5.97 Å². The molecule has 3 heterocycles. The first-order valence-corrected chi connectivity index (χ1v) is 13.2. The van der Waals surface area contributed by atoms with E-state index in [0.29, 0.717) is 37.8 Å². The summed E-state index contributed by atoms with van der Waals surface area (Å²) in [6.07, 6.45) is 1.88. The van der Waals surface area contributed by atoms with Crippen LogP contribution in [0.5, 0.6) is 17.2 Å². The Labute approximate surface area is 228 Å². The Morgan fingerprint density at radius 1 is 1.10 bits per heavy atom. The average Bonchev–Trinajstić information content (AvgIpc) is 3.42. The number of methoxy groups -OCH3 is 3. The van der Waals surface area contributed by atoms with Gasteiger partial charge in [-0.1, -0.05) is 29.5 Å². The SMILES string of the molecule is CCOC(=O)C1=C(C)N=c2s/c(=C\c3c(C)[nH]c4ccccc34)c(=O)n2[C@H]1c1cc(OC)c(OC)c(OC)c1. The molecule has 5 rings (SSSR count). The molecule has 0 fully saturated rings. The van der Waals surface area contributed by atoms with Gasteiger partial charge in [-0.15, -0.1) is 0 Å². The number of aromatic nitrogens is 2. The maximum atomic E-state index is 14.0. The van der Waals surface area contributed by atoms with Gasteiger partial charge in [0.1, 0.15) is 0 Å². The highest BCUT2D eigenvalue weighted by Crippen LogP contribution is 2.42. The predicted octanol–water partition coefficient (Wildman–Crippen LogP) is 3.61. The third-order valence-corrected chi connectivity index (χ3v) is 7.72. The molecule has 10 heteroatoms. The molecular formula is C29H29N3O6S. The molecule has 9 nitrogen and oxygen atoms in total. The summed E-state index contributed by atoms with van der Waals surface area (Å²) in [4.78, 5) is 35.8. The number of hydrogen-bond acceptors (Lipinski definition) is 8. The molecule has 0 aliphatic carbocycles. The maximum absolute atomic E-state index is 14.0. The van der Waals surface area contributed by atoms with Crippen LogP contribution in [0.4, 0.5) is 0 Å². The lowest BCUT2D eigenvalue weighted by Crippen LogP contribution is -2.40. The fourth-order valence-corrected chi connectivity index (χ4v) is 6.01. The summed E-state index contributed by atoms with van der Waals surface area (Å²) in [5.74, 6) is 0.672. The molecule has 1 atom stereocenters. The molecule has 2 aromatic carbocycles. The molecule has 0 unspecified atom stereocenters. The highest BCUT2D eigenvalue weighted by molar-refractivity contribution is 7.07. The molecule has 4 aromatic rings. The summed E-state index contributed by atoms with van der Waals surface area (Å²) in [6, 6.07) is 10.6. The monoisotopic (exact) mass is 547 g/mol. The normalized spacial score (nSPS) is 15.2. The van der Waals surface area contributed by atoms with Gasteiger partial charge in [0.05, 0.1) is 49.8 Å². The van der Waals surface area contributed by atoms with Crippen LogP contribution in [0.3, 0.4) is 0 Å².